The number of anilines is 1. The fourth-order valence-corrected chi connectivity index (χ4v) is 1.60. The van der Waals surface area contributed by atoms with E-state index < -0.39 is 12.6 Å². The van der Waals surface area contributed by atoms with Gasteiger partial charge in [-0.3, -0.25) is 5.43 Å². The van der Waals surface area contributed by atoms with E-state index in [4.69, 9.17) is 0 Å². The molecule has 0 atom stereocenters. The maximum absolute atomic E-state index is 12.0. The van der Waals surface area contributed by atoms with Crippen LogP contribution in [0, 0.1) is 0 Å². The van der Waals surface area contributed by atoms with Crippen molar-refractivity contribution in [1.29, 1.82) is 0 Å². The van der Waals surface area contributed by atoms with Gasteiger partial charge in [0.2, 0.25) is 0 Å². The average molecular weight is 305 g/mol. The summed E-state index contributed by atoms with van der Waals surface area (Å²) in [5.74, 6) is -1.18. The molecule has 0 amide bonds. The quantitative estimate of drug-likeness (QED) is 0.655. The van der Waals surface area contributed by atoms with E-state index in [-0.39, 0.29) is 11.3 Å². The molecule has 0 spiro atoms. The number of hydrogen-bond acceptors (Lipinski definition) is 5. The first-order valence-electron chi connectivity index (χ1n) is 6.20. The number of halogens is 2. The second-order valence-corrected chi connectivity index (χ2v) is 4.18. The molecule has 0 aliphatic carbocycles. The lowest BCUT2D eigenvalue weighted by atomic mass is 10.2. The second kappa shape index (κ2) is 7.16. The number of hydrazone groups is 1. The maximum atomic E-state index is 12.0. The summed E-state index contributed by atoms with van der Waals surface area (Å²) in [7, 11) is 0. The van der Waals surface area contributed by atoms with Gasteiger partial charge in [0.05, 0.1) is 17.9 Å². The van der Waals surface area contributed by atoms with Gasteiger partial charge in [-0.25, -0.2) is 0 Å². The lowest BCUT2D eigenvalue weighted by molar-refractivity contribution is -0.255. The van der Waals surface area contributed by atoms with Gasteiger partial charge in [-0.05, 0) is 47.5 Å². The lowest BCUT2D eigenvalue weighted by Gasteiger charge is -2.04. The Labute approximate surface area is 124 Å². The van der Waals surface area contributed by atoms with Crippen molar-refractivity contribution in [2.75, 3.05) is 5.43 Å². The normalized spacial score (nSPS) is 10.9. The third kappa shape index (κ3) is 4.55. The summed E-state index contributed by atoms with van der Waals surface area (Å²) in [6, 6.07) is 11.8. The van der Waals surface area contributed by atoms with E-state index in [2.05, 4.69) is 15.3 Å². The van der Waals surface area contributed by atoms with Gasteiger partial charge in [0, 0.05) is 0 Å². The number of alkyl halides is 2. The van der Waals surface area contributed by atoms with Crippen molar-refractivity contribution < 1.29 is 23.4 Å². The Morgan fingerprint density at radius 3 is 2.32 bits per heavy atom. The van der Waals surface area contributed by atoms with E-state index in [1.807, 2.05) is 0 Å². The van der Waals surface area contributed by atoms with Crippen molar-refractivity contribution in [2.45, 2.75) is 6.61 Å². The third-order valence-corrected chi connectivity index (χ3v) is 2.63. The predicted octanol–water partition coefficient (Wildman–Crippen LogP) is 2.10. The molecular formula is C15H11F2N2O3-. The van der Waals surface area contributed by atoms with E-state index >= 15 is 0 Å². The molecule has 0 aliphatic heterocycles. The largest absolute Gasteiger partial charge is 0.545 e. The Morgan fingerprint density at radius 2 is 1.77 bits per heavy atom. The minimum Gasteiger partial charge on any atom is -0.545 e. The van der Waals surface area contributed by atoms with Crippen LogP contribution in [0.4, 0.5) is 14.5 Å². The van der Waals surface area contributed by atoms with Gasteiger partial charge in [-0.1, -0.05) is 12.1 Å². The highest BCUT2D eigenvalue weighted by Crippen LogP contribution is 2.14. The zero-order chi connectivity index (χ0) is 15.9. The summed E-state index contributed by atoms with van der Waals surface area (Å²) in [5, 5.41) is 14.5. The number of carbonyl (C=O) groups is 1. The molecule has 22 heavy (non-hydrogen) atoms. The number of ether oxygens (including phenoxy) is 1. The topological polar surface area (TPSA) is 73.8 Å². The van der Waals surface area contributed by atoms with E-state index in [0.29, 0.717) is 11.3 Å². The first-order valence-corrected chi connectivity index (χ1v) is 6.20. The van der Waals surface area contributed by atoms with Gasteiger partial charge in [0.1, 0.15) is 5.75 Å². The molecule has 0 saturated heterocycles. The zero-order valence-corrected chi connectivity index (χ0v) is 11.2. The fourth-order valence-electron chi connectivity index (χ4n) is 1.60. The van der Waals surface area contributed by atoms with Crippen molar-refractivity contribution in [3.8, 4) is 5.75 Å². The molecule has 0 bridgehead atoms. The lowest BCUT2D eigenvalue weighted by Crippen LogP contribution is -2.21. The molecule has 1 N–H and O–H groups in total. The highest BCUT2D eigenvalue weighted by atomic mass is 19.3. The summed E-state index contributed by atoms with van der Waals surface area (Å²) in [4.78, 5) is 10.6. The first kappa shape index (κ1) is 15.4. The molecule has 5 nitrogen and oxygen atoms in total. The molecule has 0 saturated carbocycles. The smallest absolute Gasteiger partial charge is 0.387 e. The van der Waals surface area contributed by atoms with Crippen LogP contribution in [0.3, 0.4) is 0 Å². The molecule has 0 fully saturated rings. The van der Waals surface area contributed by atoms with Crippen molar-refractivity contribution in [2.24, 2.45) is 5.10 Å². The number of nitrogens with one attached hydrogen (secondary N) is 1. The molecule has 0 aliphatic rings. The minimum absolute atomic E-state index is 0.0676. The van der Waals surface area contributed by atoms with Gasteiger partial charge in [-0.2, -0.15) is 13.9 Å². The Hall–Kier alpha value is -2.96. The van der Waals surface area contributed by atoms with Crippen molar-refractivity contribution in [3.63, 3.8) is 0 Å². The van der Waals surface area contributed by atoms with Crippen LogP contribution >= 0.6 is 0 Å². The van der Waals surface area contributed by atoms with Gasteiger partial charge < -0.3 is 14.6 Å². The minimum atomic E-state index is -2.86. The SMILES string of the molecule is O=C([O-])c1ccc(N/N=C\c2ccc(OC(F)F)cc2)cc1. The molecule has 114 valence electrons. The average Bonchev–Trinajstić information content (AvgIpc) is 2.49. The van der Waals surface area contributed by atoms with Crippen LogP contribution in [0.5, 0.6) is 5.75 Å². The summed E-state index contributed by atoms with van der Waals surface area (Å²) in [6.07, 6.45) is 1.48. The van der Waals surface area contributed by atoms with E-state index in [1.54, 1.807) is 24.3 Å². The molecule has 0 heterocycles. The molecule has 2 aromatic carbocycles. The van der Waals surface area contributed by atoms with E-state index in [1.165, 1.54) is 30.5 Å². The second-order valence-electron chi connectivity index (χ2n) is 4.18. The van der Waals surface area contributed by atoms with Crippen LogP contribution in [0.2, 0.25) is 0 Å². The summed E-state index contributed by atoms with van der Waals surface area (Å²) in [5.41, 5.74) is 4.06. The fraction of sp³-hybridized carbons (Fsp3) is 0.0667. The monoisotopic (exact) mass is 305 g/mol. The number of carboxylic acid groups (broad SMARTS) is 1. The van der Waals surface area contributed by atoms with Crippen molar-refractivity contribution in [1.82, 2.24) is 0 Å². The molecule has 0 unspecified atom stereocenters. The molecule has 2 rings (SSSR count). The zero-order valence-electron chi connectivity index (χ0n) is 11.2. The number of benzene rings is 2. The molecule has 0 aromatic heterocycles. The highest BCUT2D eigenvalue weighted by Gasteiger charge is 2.02. The Morgan fingerprint density at radius 1 is 1.14 bits per heavy atom. The van der Waals surface area contributed by atoms with Crippen LogP contribution in [-0.4, -0.2) is 18.8 Å². The molecule has 2 aromatic rings. The Kier molecular flexibility index (Phi) is 5.02. The van der Waals surface area contributed by atoms with Crippen LogP contribution in [0.15, 0.2) is 53.6 Å². The molecular weight excluding hydrogens is 294 g/mol. The van der Waals surface area contributed by atoms with Crippen molar-refractivity contribution in [3.05, 3.63) is 59.7 Å². The van der Waals surface area contributed by atoms with Crippen LogP contribution in [-0.2, 0) is 0 Å². The molecule has 7 heteroatoms. The maximum Gasteiger partial charge on any atom is 0.387 e. The van der Waals surface area contributed by atoms with Gasteiger partial charge in [0.15, 0.2) is 0 Å². The standard InChI is InChI=1S/C15H12F2N2O3/c16-15(17)22-13-7-1-10(2-8-13)9-18-19-12-5-3-11(4-6-12)14(20)21/h1-9,15,19H,(H,20,21)/p-1/b18-9-. The summed E-state index contributed by atoms with van der Waals surface area (Å²) < 4.78 is 28.2. The number of aromatic carboxylic acids is 1. The van der Waals surface area contributed by atoms with E-state index in [0.717, 1.165) is 0 Å². The van der Waals surface area contributed by atoms with Gasteiger partial charge in [0.25, 0.3) is 0 Å². The third-order valence-electron chi connectivity index (χ3n) is 2.63. The predicted molar refractivity (Wildman–Crippen MR) is 75.1 cm³/mol. The van der Waals surface area contributed by atoms with E-state index in [9.17, 15) is 18.7 Å². The van der Waals surface area contributed by atoms with Crippen LogP contribution in [0.25, 0.3) is 0 Å². The Bertz CT molecular complexity index is 655. The van der Waals surface area contributed by atoms with Crippen LogP contribution < -0.4 is 15.3 Å². The van der Waals surface area contributed by atoms with Gasteiger partial charge in [-0.15, -0.1) is 0 Å². The number of rotatable bonds is 6. The summed E-state index contributed by atoms with van der Waals surface area (Å²) in [6.45, 7) is -2.86. The number of carbonyl (C=O) groups excluding carboxylic acids is 1. The number of nitrogens with zero attached hydrogens (tertiary/aromatic N) is 1. The number of hydrogen-bond donors (Lipinski definition) is 1. The first-order chi connectivity index (χ1) is 10.5. The van der Waals surface area contributed by atoms with Gasteiger partial charge >= 0.3 is 6.61 Å². The highest BCUT2D eigenvalue weighted by molar-refractivity contribution is 5.86. The Balaban J connectivity index is 1.93. The van der Waals surface area contributed by atoms with Crippen molar-refractivity contribution >= 4 is 17.9 Å². The van der Waals surface area contributed by atoms with Crippen LogP contribution in [0.1, 0.15) is 15.9 Å². The molecule has 0 radical (unpaired) electrons. The number of carboxylic acids is 1. The summed E-state index contributed by atoms with van der Waals surface area (Å²) >= 11 is 0.